The van der Waals surface area contributed by atoms with Gasteiger partial charge in [0, 0.05) is 29.9 Å². The number of hydrogen-bond acceptors (Lipinski definition) is 4. The van der Waals surface area contributed by atoms with E-state index in [0.717, 1.165) is 16.0 Å². The van der Waals surface area contributed by atoms with Crippen molar-refractivity contribution in [2.24, 2.45) is 0 Å². The number of urea groups is 1. The maximum Gasteiger partial charge on any atom is 0.321 e. The Kier molecular flexibility index (Phi) is 5.90. The second-order valence-corrected chi connectivity index (χ2v) is 8.26. The van der Waals surface area contributed by atoms with Crippen LogP contribution in [0.25, 0.3) is 0 Å². The van der Waals surface area contributed by atoms with E-state index in [2.05, 4.69) is 21.7 Å². The first-order chi connectivity index (χ1) is 14.9. The number of pyridine rings is 1. The van der Waals surface area contributed by atoms with E-state index in [1.165, 1.54) is 34.9 Å². The number of halogens is 1. The van der Waals surface area contributed by atoms with Crippen LogP contribution in [-0.2, 0) is 0 Å². The van der Waals surface area contributed by atoms with Gasteiger partial charge in [-0.3, -0.25) is 9.69 Å². The van der Waals surface area contributed by atoms with E-state index in [1.54, 1.807) is 18.3 Å². The van der Waals surface area contributed by atoms with Gasteiger partial charge in [0.15, 0.2) is 0 Å². The van der Waals surface area contributed by atoms with Crippen LogP contribution in [0.2, 0.25) is 0 Å². The van der Waals surface area contributed by atoms with Crippen LogP contribution in [0.5, 0.6) is 0 Å². The molecule has 1 aliphatic rings. The number of nitrogens with one attached hydrogen (secondary N) is 2. The van der Waals surface area contributed by atoms with Crippen LogP contribution in [0.1, 0.15) is 21.5 Å². The molecule has 4 rings (SSSR count). The van der Waals surface area contributed by atoms with Crippen molar-refractivity contribution >= 4 is 35.1 Å². The molecule has 0 radical (unpaired) electrons. The van der Waals surface area contributed by atoms with E-state index in [1.807, 2.05) is 26.0 Å². The van der Waals surface area contributed by atoms with Gasteiger partial charge >= 0.3 is 6.03 Å². The van der Waals surface area contributed by atoms with Crippen LogP contribution in [0.3, 0.4) is 0 Å². The number of aryl methyl sites for hydroxylation is 2. The minimum absolute atomic E-state index is 0.00789. The van der Waals surface area contributed by atoms with Crippen LogP contribution < -0.4 is 15.5 Å². The largest absolute Gasteiger partial charge is 0.336 e. The lowest BCUT2D eigenvalue weighted by atomic mass is 10.2. The first-order valence-corrected chi connectivity index (χ1v) is 10.6. The van der Waals surface area contributed by atoms with Gasteiger partial charge in [-0.25, -0.2) is 14.2 Å². The third kappa shape index (κ3) is 4.54. The van der Waals surface area contributed by atoms with Gasteiger partial charge in [-0.15, -0.1) is 0 Å². The maximum absolute atomic E-state index is 14.4. The van der Waals surface area contributed by atoms with Crippen molar-refractivity contribution in [3.63, 3.8) is 0 Å². The van der Waals surface area contributed by atoms with E-state index in [-0.39, 0.29) is 11.7 Å². The monoisotopic (exact) mass is 436 g/mol. The standard InChI is InChI=1S/C23H21FN4O2S/c1-14-5-8-20(15(2)12-14)31-22-17(4-3-9-25-22)21(29)27-19-13-16(6-7-18(19)24)28-11-10-26-23(28)30/h3-9,12-13H,10-11H2,1-2H3,(H,26,30)(H,27,29). The number of carbonyl (C=O) groups is 2. The van der Waals surface area contributed by atoms with Gasteiger partial charge in [-0.05, 0) is 55.8 Å². The minimum Gasteiger partial charge on any atom is -0.336 e. The number of rotatable bonds is 5. The fraction of sp³-hybridized carbons (Fsp3) is 0.174. The van der Waals surface area contributed by atoms with Gasteiger partial charge in [-0.2, -0.15) is 0 Å². The summed E-state index contributed by atoms with van der Waals surface area (Å²) in [6.45, 7) is 5.03. The molecule has 0 unspecified atom stereocenters. The zero-order valence-electron chi connectivity index (χ0n) is 17.1. The van der Waals surface area contributed by atoms with Crippen molar-refractivity contribution in [3.8, 4) is 0 Å². The average Bonchev–Trinajstić information content (AvgIpc) is 3.18. The molecule has 0 saturated carbocycles. The van der Waals surface area contributed by atoms with Crippen molar-refractivity contribution < 1.29 is 14.0 Å². The normalized spacial score (nSPS) is 13.3. The molecule has 2 aromatic carbocycles. The van der Waals surface area contributed by atoms with Crippen molar-refractivity contribution in [2.75, 3.05) is 23.3 Å². The molecule has 31 heavy (non-hydrogen) atoms. The molecule has 0 atom stereocenters. The summed E-state index contributed by atoms with van der Waals surface area (Å²) in [5, 5.41) is 5.86. The van der Waals surface area contributed by atoms with Crippen molar-refractivity contribution in [1.29, 1.82) is 0 Å². The topological polar surface area (TPSA) is 74.3 Å². The second-order valence-electron chi connectivity index (χ2n) is 7.23. The Morgan fingerprint density at radius 1 is 1.19 bits per heavy atom. The molecule has 3 amide bonds. The number of anilines is 2. The Morgan fingerprint density at radius 3 is 2.77 bits per heavy atom. The zero-order chi connectivity index (χ0) is 22.0. The number of hydrogen-bond donors (Lipinski definition) is 2. The van der Waals surface area contributed by atoms with Crippen LogP contribution in [0, 0.1) is 19.7 Å². The molecule has 8 heteroatoms. The fourth-order valence-corrected chi connectivity index (χ4v) is 4.30. The lowest BCUT2D eigenvalue weighted by molar-refractivity contribution is 0.102. The summed E-state index contributed by atoms with van der Waals surface area (Å²) in [5.41, 5.74) is 3.11. The summed E-state index contributed by atoms with van der Waals surface area (Å²) in [5.74, 6) is -1.05. The Bertz CT molecular complexity index is 1170. The highest BCUT2D eigenvalue weighted by atomic mass is 32.2. The van der Waals surface area contributed by atoms with Crippen LogP contribution in [0.15, 0.2) is 64.6 Å². The Hall–Kier alpha value is -3.39. The molecule has 1 fully saturated rings. The quantitative estimate of drug-likeness (QED) is 0.604. The third-order valence-corrected chi connectivity index (χ3v) is 6.12. The van der Waals surface area contributed by atoms with Crippen molar-refractivity contribution in [2.45, 2.75) is 23.8 Å². The summed E-state index contributed by atoms with van der Waals surface area (Å²) in [6.07, 6.45) is 1.62. The third-order valence-electron chi connectivity index (χ3n) is 4.92. The molecule has 2 heterocycles. The van der Waals surface area contributed by atoms with Gasteiger partial charge < -0.3 is 10.6 Å². The van der Waals surface area contributed by atoms with Gasteiger partial charge in [-0.1, -0.05) is 29.5 Å². The molecule has 0 bridgehead atoms. The summed E-state index contributed by atoms with van der Waals surface area (Å²) < 4.78 is 14.4. The molecule has 3 aromatic rings. The second kappa shape index (κ2) is 8.77. The highest BCUT2D eigenvalue weighted by Gasteiger charge is 2.23. The number of carbonyl (C=O) groups excluding carboxylic acids is 2. The molecule has 1 aliphatic heterocycles. The number of aromatic nitrogens is 1. The van der Waals surface area contributed by atoms with Crippen LogP contribution in [-0.4, -0.2) is 30.0 Å². The first kappa shape index (κ1) is 20.9. The maximum atomic E-state index is 14.4. The van der Waals surface area contributed by atoms with E-state index < -0.39 is 11.7 Å². The molecule has 0 spiro atoms. The molecule has 1 aromatic heterocycles. The van der Waals surface area contributed by atoms with Crippen molar-refractivity contribution in [3.05, 3.63) is 77.2 Å². The molecular weight excluding hydrogens is 415 g/mol. The molecule has 0 aliphatic carbocycles. The molecule has 2 N–H and O–H groups in total. The zero-order valence-corrected chi connectivity index (χ0v) is 17.9. The summed E-state index contributed by atoms with van der Waals surface area (Å²) in [7, 11) is 0. The van der Waals surface area contributed by atoms with Gasteiger partial charge in [0.1, 0.15) is 10.8 Å². The van der Waals surface area contributed by atoms with Crippen molar-refractivity contribution in [1.82, 2.24) is 10.3 Å². The average molecular weight is 437 g/mol. The molecular formula is C23H21FN4O2S. The Balaban J connectivity index is 1.59. The van der Waals surface area contributed by atoms with E-state index >= 15 is 0 Å². The number of nitrogens with zero attached hydrogens (tertiary/aromatic N) is 2. The number of amides is 3. The van der Waals surface area contributed by atoms with E-state index in [9.17, 15) is 14.0 Å². The van der Waals surface area contributed by atoms with Gasteiger partial charge in [0.05, 0.1) is 11.3 Å². The lowest BCUT2D eigenvalue weighted by Gasteiger charge is -2.16. The number of benzene rings is 2. The summed E-state index contributed by atoms with van der Waals surface area (Å²) in [6, 6.07) is 13.4. The highest BCUT2D eigenvalue weighted by molar-refractivity contribution is 7.99. The predicted octanol–water partition coefficient (Wildman–Crippen LogP) is 4.77. The van der Waals surface area contributed by atoms with E-state index in [4.69, 9.17) is 0 Å². The summed E-state index contributed by atoms with van der Waals surface area (Å²) >= 11 is 1.39. The Morgan fingerprint density at radius 2 is 2.03 bits per heavy atom. The predicted molar refractivity (Wildman–Crippen MR) is 119 cm³/mol. The molecule has 158 valence electrons. The molecule has 1 saturated heterocycles. The smallest absolute Gasteiger partial charge is 0.321 e. The Labute approximate surface area is 183 Å². The SMILES string of the molecule is Cc1ccc(Sc2ncccc2C(=O)Nc2cc(N3CCNC3=O)ccc2F)c(C)c1. The lowest BCUT2D eigenvalue weighted by Crippen LogP contribution is -2.27. The summed E-state index contributed by atoms with van der Waals surface area (Å²) in [4.78, 5) is 31.7. The molecule has 6 nitrogen and oxygen atoms in total. The van der Waals surface area contributed by atoms with Crippen LogP contribution in [0.4, 0.5) is 20.6 Å². The van der Waals surface area contributed by atoms with E-state index in [0.29, 0.717) is 29.4 Å². The minimum atomic E-state index is -0.579. The van der Waals surface area contributed by atoms with Gasteiger partial charge in [0.2, 0.25) is 0 Å². The van der Waals surface area contributed by atoms with Crippen LogP contribution >= 0.6 is 11.8 Å². The first-order valence-electron chi connectivity index (χ1n) is 9.79. The van der Waals surface area contributed by atoms with Gasteiger partial charge in [0.25, 0.3) is 5.91 Å². The highest BCUT2D eigenvalue weighted by Crippen LogP contribution is 2.32. The fourth-order valence-electron chi connectivity index (χ4n) is 3.35.